The second-order valence-corrected chi connectivity index (χ2v) is 4.35. The molecule has 0 fully saturated rings. The Morgan fingerprint density at radius 3 is 2.57 bits per heavy atom. The average Bonchev–Trinajstić information content (AvgIpc) is 3.02. The number of nitrogens with zero attached hydrogens (tertiary/aromatic N) is 4. The van der Waals surface area contributed by atoms with E-state index in [-0.39, 0.29) is 5.91 Å². The van der Waals surface area contributed by atoms with E-state index in [0.29, 0.717) is 22.6 Å². The minimum absolute atomic E-state index is 0.226. The highest BCUT2D eigenvalue weighted by atomic mass is 16.1. The van der Waals surface area contributed by atoms with E-state index >= 15 is 0 Å². The van der Waals surface area contributed by atoms with Gasteiger partial charge >= 0.3 is 0 Å². The van der Waals surface area contributed by atoms with E-state index in [1.807, 2.05) is 18.2 Å². The number of nitrogen functional groups attached to an aromatic ring is 1. The molecule has 1 heterocycles. The van der Waals surface area contributed by atoms with Crippen LogP contribution in [0.3, 0.4) is 0 Å². The van der Waals surface area contributed by atoms with Crippen LogP contribution in [0.2, 0.25) is 0 Å². The number of carbonyl (C=O) groups is 1. The Bertz CT molecular complexity index is 751. The van der Waals surface area contributed by atoms with Crippen molar-refractivity contribution in [3.8, 4) is 5.69 Å². The Labute approximate surface area is 120 Å². The van der Waals surface area contributed by atoms with E-state index < -0.39 is 0 Å². The van der Waals surface area contributed by atoms with Crippen molar-refractivity contribution >= 4 is 17.3 Å². The van der Waals surface area contributed by atoms with Crippen LogP contribution < -0.4 is 11.1 Å². The van der Waals surface area contributed by atoms with Gasteiger partial charge in [0.2, 0.25) is 0 Å². The Morgan fingerprint density at radius 1 is 1.10 bits per heavy atom. The smallest absolute Gasteiger partial charge is 0.255 e. The van der Waals surface area contributed by atoms with Crippen LogP contribution in [0, 0.1) is 0 Å². The zero-order valence-electron chi connectivity index (χ0n) is 11.0. The zero-order chi connectivity index (χ0) is 14.7. The van der Waals surface area contributed by atoms with Crippen LogP contribution in [0.15, 0.2) is 54.9 Å². The molecule has 7 nitrogen and oxygen atoms in total. The molecule has 7 heteroatoms. The normalized spacial score (nSPS) is 10.3. The number of para-hydroxylation sites is 2. The van der Waals surface area contributed by atoms with Gasteiger partial charge in [0.25, 0.3) is 5.91 Å². The molecule has 0 radical (unpaired) electrons. The standard InChI is InChI=1S/C14H12N6O/c15-11-7-5-10(6-8-11)14(21)17-12-3-1-2-4-13(12)20-9-16-18-19-20/h1-9H,15H2,(H,17,21). The molecule has 0 bridgehead atoms. The Hall–Kier alpha value is -3.22. The number of aromatic nitrogens is 4. The first-order valence-corrected chi connectivity index (χ1v) is 6.23. The van der Waals surface area contributed by atoms with E-state index in [9.17, 15) is 4.79 Å². The van der Waals surface area contributed by atoms with Crippen LogP contribution in [0.25, 0.3) is 5.69 Å². The van der Waals surface area contributed by atoms with Gasteiger partial charge in [-0.15, -0.1) is 5.10 Å². The molecule has 21 heavy (non-hydrogen) atoms. The largest absolute Gasteiger partial charge is 0.399 e. The molecule has 104 valence electrons. The molecular formula is C14H12N6O. The lowest BCUT2D eigenvalue weighted by Gasteiger charge is -2.10. The Morgan fingerprint density at radius 2 is 1.86 bits per heavy atom. The van der Waals surface area contributed by atoms with Gasteiger partial charge in [-0.25, -0.2) is 0 Å². The third kappa shape index (κ3) is 2.71. The summed E-state index contributed by atoms with van der Waals surface area (Å²) in [5, 5.41) is 13.8. The molecule has 0 saturated heterocycles. The number of hydrogen-bond acceptors (Lipinski definition) is 5. The highest BCUT2D eigenvalue weighted by Gasteiger charge is 2.10. The van der Waals surface area contributed by atoms with Crippen molar-refractivity contribution < 1.29 is 4.79 Å². The van der Waals surface area contributed by atoms with Gasteiger partial charge in [0, 0.05) is 11.3 Å². The van der Waals surface area contributed by atoms with E-state index in [0.717, 1.165) is 0 Å². The van der Waals surface area contributed by atoms with Gasteiger partial charge in [-0.2, -0.15) is 4.68 Å². The van der Waals surface area contributed by atoms with Gasteiger partial charge in [-0.3, -0.25) is 4.79 Å². The predicted molar refractivity (Wildman–Crippen MR) is 78.0 cm³/mol. The Balaban J connectivity index is 1.88. The fourth-order valence-electron chi connectivity index (χ4n) is 1.88. The predicted octanol–water partition coefficient (Wildman–Crippen LogP) is 1.50. The van der Waals surface area contributed by atoms with Gasteiger partial charge in [0.15, 0.2) is 0 Å². The highest BCUT2D eigenvalue weighted by molar-refractivity contribution is 6.05. The van der Waals surface area contributed by atoms with Crippen molar-refractivity contribution in [2.24, 2.45) is 0 Å². The van der Waals surface area contributed by atoms with Gasteiger partial charge in [0.1, 0.15) is 6.33 Å². The lowest BCUT2D eigenvalue weighted by atomic mass is 10.2. The number of benzene rings is 2. The number of tetrazole rings is 1. The molecule has 3 rings (SSSR count). The Kier molecular flexibility index (Phi) is 3.30. The number of hydrogen-bond donors (Lipinski definition) is 2. The molecule has 1 amide bonds. The van der Waals surface area contributed by atoms with Crippen molar-refractivity contribution in [1.82, 2.24) is 20.2 Å². The van der Waals surface area contributed by atoms with Crippen LogP contribution in [0.1, 0.15) is 10.4 Å². The molecule has 0 saturated carbocycles. The molecule has 3 aromatic rings. The van der Waals surface area contributed by atoms with Crippen LogP contribution >= 0.6 is 0 Å². The van der Waals surface area contributed by atoms with Crippen molar-refractivity contribution in [3.63, 3.8) is 0 Å². The third-order valence-corrected chi connectivity index (χ3v) is 2.92. The van der Waals surface area contributed by atoms with Gasteiger partial charge < -0.3 is 11.1 Å². The molecule has 0 atom stereocenters. The number of amides is 1. The van der Waals surface area contributed by atoms with Crippen LogP contribution in [0.5, 0.6) is 0 Å². The average molecular weight is 280 g/mol. The number of anilines is 2. The second-order valence-electron chi connectivity index (χ2n) is 4.35. The lowest BCUT2D eigenvalue weighted by molar-refractivity contribution is 0.102. The first kappa shape index (κ1) is 12.8. The highest BCUT2D eigenvalue weighted by Crippen LogP contribution is 2.19. The quantitative estimate of drug-likeness (QED) is 0.708. The monoisotopic (exact) mass is 280 g/mol. The summed E-state index contributed by atoms with van der Waals surface area (Å²) in [6.07, 6.45) is 1.47. The summed E-state index contributed by atoms with van der Waals surface area (Å²) in [7, 11) is 0. The topological polar surface area (TPSA) is 98.7 Å². The van der Waals surface area contributed by atoms with E-state index in [4.69, 9.17) is 5.73 Å². The van der Waals surface area contributed by atoms with Crippen molar-refractivity contribution in [2.45, 2.75) is 0 Å². The van der Waals surface area contributed by atoms with Gasteiger partial charge in [-0.05, 0) is 46.8 Å². The molecular weight excluding hydrogens is 268 g/mol. The molecule has 0 aliphatic heterocycles. The number of rotatable bonds is 3. The van der Waals surface area contributed by atoms with Crippen LogP contribution in [-0.4, -0.2) is 26.1 Å². The molecule has 0 spiro atoms. The number of nitrogens with one attached hydrogen (secondary N) is 1. The van der Waals surface area contributed by atoms with Crippen LogP contribution in [0.4, 0.5) is 11.4 Å². The maximum atomic E-state index is 12.2. The summed E-state index contributed by atoms with van der Waals surface area (Å²) < 4.78 is 1.48. The van der Waals surface area contributed by atoms with Crippen molar-refractivity contribution in [1.29, 1.82) is 0 Å². The second kappa shape index (κ2) is 5.41. The van der Waals surface area contributed by atoms with Crippen molar-refractivity contribution in [2.75, 3.05) is 11.1 Å². The first-order valence-electron chi connectivity index (χ1n) is 6.23. The van der Waals surface area contributed by atoms with E-state index in [1.54, 1.807) is 30.3 Å². The molecule has 3 N–H and O–H groups in total. The third-order valence-electron chi connectivity index (χ3n) is 2.92. The summed E-state index contributed by atoms with van der Waals surface area (Å²) in [5.74, 6) is -0.226. The zero-order valence-corrected chi connectivity index (χ0v) is 11.0. The summed E-state index contributed by atoms with van der Waals surface area (Å²) in [6.45, 7) is 0. The van der Waals surface area contributed by atoms with E-state index in [2.05, 4.69) is 20.8 Å². The fourth-order valence-corrected chi connectivity index (χ4v) is 1.88. The molecule has 0 aliphatic rings. The van der Waals surface area contributed by atoms with Crippen molar-refractivity contribution in [3.05, 3.63) is 60.4 Å². The number of carbonyl (C=O) groups excluding carboxylic acids is 1. The van der Waals surface area contributed by atoms with Crippen LogP contribution in [-0.2, 0) is 0 Å². The maximum absolute atomic E-state index is 12.2. The van der Waals surface area contributed by atoms with Gasteiger partial charge in [0.05, 0.1) is 11.4 Å². The molecule has 0 unspecified atom stereocenters. The lowest BCUT2D eigenvalue weighted by Crippen LogP contribution is -2.14. The maximum Gasteiger partial charge on any atom is 0.255 e. The first-order chi connectivity index (χ1) is 10.2. The van der Waals surface area contributed by atoms with E-state index in [1.165, 1.54) is 11.0 Å². The molecule has 2 aromatic carbocycles. The summed E-state index contributed by atoms with van der Waals surface area (Å²) >= 11 is 0. The molecule has 1 aromatic heterocycles. The van der Waals surface area contributed by atoms with Gasteiger partial charge in [-0.1, -0.05) is 12.1 Å². The minimum Gasteiger partial charge on any atom is -0.399 e. The fraction of sp³-hybridized carbons (Fsp3) is 0. The SMILES string of the molecule is Nc1ccc(C(=O)Nc2ccccc2-n2cnnn2)cc1. The summed E-state index contributed by atoms with van der Waals surface area (Å²) in [4.78, 5) is 12.2. The minimum atomic E-state index is -0.226. The molecule has 0 aliphatic carbocycles. The summed E-state index contributed by atoms with van der Waals surface area (Å²) in [6, 6.07) is 14.0. The number of nitrogens with two attached hydrogens (primary N) is 1. The summed E-state index contributed by atoms with van der Waals surface area (Å²) in [5.41, 5.74) is 8.05.